The Hall–Kier alpha value is -1.87. The molecule has 0 aliphatic carbocycles. The van der Waals surface area contributed by atoms with Gasteiger partial charge in [-0.15, -0.1) is 0 Å². The van der Waals surface area contributed by atoms with Gasteiger partial charge in [0.05, 0.1) is 13.2 Å². The summed E-state index contributed by atoms with van der Waals surface area (Å²) in [6.07, 6.45) is -5.62. The van der Waals surface area contributed by atoms with Gasteiger partial charge in [0.2, 0.25) is 0 Å². The fraction of sp³-hybridized carbons (Fsp3) is 0.667. The van der Waals surface area contributed by atoms with Crippen LogP contribution in [0.25, 0.3) is 0 Å². The Morgan fingerprint density at radius 1 is 0.889 bits per heavy atom. The first-order valence-corrected chi connectivity index (χ1v) is 4.89. The number of carbonyl (C=O) groups is 3. The molecule has 0 radical (unpaired) electrons. The Bertz CT molecular complexity index is 249. The van der Waals surface area contributed by atoms with Crippen molar-refractivity contribution in [2.45, 2.75) is 26.1 Å². The smallest absolute Gasteiger partial charge is 0.464 e. The van der Waals surface area contributed by atoms with E-state index in [1.54, 1.807) is 13.8 Å². The van der Waals surface area contributed by atoms with Gasteiger partial charge in [0.1, 0.15) is 0 Å². The minimum absolute atomic E-state index is 0.0610. The maximum Gasteiger partial charge on any atom is 0.503 e. The molecule has 106 valence electrons. The van der Waals surface area contributed by atoms with E-state index < -0.39 is 30.3 Å². The average Bonchev–Trinajstić information content (AvgIpc) is 2.27. The van der Waals surface area contributed by atoms with Crippen LogP contribution >= 0.6 is 0 Å². The topological polar surface area (TPSA) is 151 Å². The van der Waals surface area contributed by atoms with Crippen LogP contribution in [0.5, 0.6) is 0 Å². The number of aliphatic hydroxyl groups excluding tert-OH is 2. The molecule has 2 atom stereocenters. The summed E-state index contributed by atoms with van der Waals surface area (Å²) in [5.74, 6) is -2.10. The van der Waals surface area contributed by atoms with Gasteiger partial charge in [0.25, 0.3) is 0 Å². The van der Waals surface area contributed by atoms with Crippen molar-refractivity contribution in [1.29, 1.82) is 0 Å². The number of hydrogen-bond donors (Lipinski definition) is 4. The first-order valence-electron chi connectivity index (χ1n) is 4.89. The fourth-order valence-corrected chi connectivity index (χ4v) is 0.713. The van der Waals surface area contributed by atoms with Crippen molar-refractivity contribution >= 4 is 18.1 Å². The summed E-state index contributed by atoms with van der Waals surface area (Å²) in [6, 6.07) is 0. The predicted octanol–water partition coefficient (Wildman–Crippen LogP) is -0.943. The Morgan fingerprint density at radius 2 is 1.11 bits per heavy atom. The zero-order valence-electron chi connectivity index (χ0n) is 9.90. The first kappa shape index (κ1) is 18.5. The normalized spacial score (nSPS) is 12.4. The molecule has 9 nitrogen and oxygen atoms in total. The summed E-state index contributed by atoms with van der Waals surface area (Å²) in [4.78, 5) is 30.3. The SMILES string of the molecule is CCOC(=O)C(O)C(O)C(=O)OCC.O=C(O)O. The van der Waals surface area contributed by atoms with Crippen molar-refractivity contribution in [3.05, 3.63) is 0 Å². The number of hydrogen-bond acceptors (Lipinski definition) is 7. The highest BCUT2D eigenvalue weighted by Crippen LogP contribution is 1.99. The third-order valence-corrected chi connectivity index (χ3v) is 1.36. The summed E-state index contributed by atoms with van der Waals surface area (Å²) < 4.78 is 8.79. The van der Waals surface area contributed by atoms with Gasteiger partial charge in [-0.2, -0.15) is 0 Å². The van der Waals surface area contributed by atoms with Gasteiger partial charge < -0.3 is 29.9 Å². The summed E-state index contributed by atoms with van der Waals surface area (Å²) in [5, 5.41) is 32.1. The maximum atomic E-state index is 10.9. The van der Waals surface area contributed by atoms with Crippen molar-refractivity contribution in [3.8, 4) is 0 Å². The summed E-state index contributed by atoms with van der Waals surface area (Å²) >= 11 is 0. The van der Waals surface area contributed by atoms with E-state index in [2.05, 4.69) is 9.47 Å². The highest BCUT2D eigenvalue weighted by molar-refractivity contribution is 5.85. The Labute approximate surface area is 103 Å². The second-order valence-electron chi connectivity index (χ2n) is 2.68. The summed E-state index contributed by atoms with van der Waals surface area (Å²) in [7, 11) is 0. The molecule has 0 saturated carbocycles. The van der Waals surface area contributed by atoms with Crippen molar-refractivity contribution in [2.75, 3.05) is 13.2 Å². The second kappa shape index (κ2) is 10.3. The minimum Gasteiger partial charge on any atom is -0.464 e. The van der Waals surface area contributed by atoms with Gasteiger partial charge >= 0.3 is 18.1 Å². The van der Waals surface area contributed by atoms with Gasteiger partial charge in [0, 0.05) is 0 Å². The minimum atomic E-state index is -1.89. The second-order valence-corrected chi connectivity index (χ2v) is 2.68. The highest BCUT2D eigenvalue weighted by Gasteiger charge is 2.32. The van der Waals surface area contributed by atoms with E-state index >= 15 is 0 Å². The Morgan fingerprint density at radius 3 is 1.28 bits per heavy atom. The van der Waals surface area contributed by atoms with E-state index in [1.165, 1.54) is 0 Å². The monoisotopic (exact) mass is 268 g/mol. The highest BCUT2D eigenvalue weighted by atomic mass is 16.6. The fourth-order valence-electron chi connectivity index (χ4n) is 0.713. The third kappa shape index (κ3) is 9.36. The van der Waals surface area contributed by atoms with Gasteiger partial charge in [-0.25, -0.2) is 14.4 Å². The third-order valence-electron chi connectivity index (χ3n) is 1.36. The predicted molar refractivity (Wildman–Crippen MR) is 55.9 cm³/mol. The lowest BCUT2D eigenvalue weighted by Gasteiger charge is -2.14. The average molecular weight is 268 g/mol. The largest absolute Gasteiger partial charge is 0.503 e. The molecule has 0 spiro atoms. The molecule has 4 N–H and O–H groups in total. The van der Waals surface area contributed by atoms with E-state index in [-0.39, 0.29) is 13.2 Å². The lowest BCUT2D eigenvalue weighted by molar-refractivity contribution is -0.172. The quantitative estimate of drug-likeness (QED) is 0.463. The Kier molecular flexibility index (Phi) is 10.6. The number of carbonyl (C=O) groups excluding carboxylic acids is 2. The zero-order valence-corrected chi connectivity index (χ0v) is 9.90. The molecule has 0 heterocycles. The molecule has 0 aromatic carbocycles. The van der Waals surface area contributed by atoms with Gasteiger partial charge in [-0.3, -0.25) is 0 Å². The standard InChI is InChI=1S/C8H14O6.CH2O3/c1-3-13-7(11)5(9)6(10)8(12)14-4-2;2-1(3)4/h5-6,9-10H,3-4H2,1-2H3;(H2,2,3,4). The van der Waals surface area contributed by atoms with Crippen LogP contribution in [0.3, 0.4) is 0 Å². The number of ether oxygens (including phenoxy) is 2. The maximum absolute atomic E-state index is 10.9. The van der Waals surface area contributed by atoms with Crippen LogP contribution in [0.4, 0.5) is 4.79 Å². The van der Waals surface area contributed by atoms with Crippen LogP contribution in [0.15, 0.2) is 0 Å². The molecule has 0 aromatic heterocycles. The van der Waals surface area contributed by atoms with Crippen LogP contribution in [-0.4, -0.2) is 63.9 Å². The van der Waals surface area contributed by atoms with Crippen LogP contribution in [0.2, 0.25) is 0 Å². The first-order chi connectivity index (χ1) is 8.27. The molecule has 2 unspecified atom stereocenters. The van der Waals surface area contributed by atoms with E-state index in [1.807, 2.05) is 0 Å². The molecule has 18 heavy (non-hydrogen) atoms. The molecule has 0 aliphatic heterocycles. The lowest BCUT2D eigenvalue weighted by Crippen LogP contribution is -2.41. The Balaban J connectivity index is 0. The van der Waals surface area contributed by atoms with E-state index in [9.17, 15) is 9.59 Å². The molecule has 9 heteroatoms. The van der Waals surface area contributed by atoms with Crippen LogP contribution < -0.4 is 0 Å². The molecule has 0 bridgehead atoms. The number of aliphatic hydroxyl groups is 2. The zero-order chi connectivity index (χ0) is 14.7. The summed E-state index contributed by atoms with van der Waals surface area (Å²) in [6.45, 7) is 3.21. The molecular formula is C9H16O9. The van der Waals surface area contributed by atoms with Gasteiger partial charge in [0.15, 0.2) is 12.2 Å². The van der Waals surface area contributed by atoms with E-state index in [0.717, 1.165) is 0 Å². The molecule has 0 aromatic rings. The number of esters is 2. The molecular weight excluding hydrogens is 252 g/mol. The van der Waals surface area contributed by atoms with Crippen molar-refractivity contribution in [1.82, 2.24) is 0 Å². The molecule has 0 rings (SSSR count). The molecule has 0 aliphatic rings. The number of rotatable bonds is 5. The van der Waals surface area contributed by atoms with E-state index in [0.29, 0.717) is 0 Å². The van der Waals surface area contributed by atoms with Gasteiger partial charge in [-0.1, -0.05) is 0 Å². The number of carboxylic acid groups (broad SMARTS) is 2. The van der Waals surface area contributed by atoms with Crippen LogP contribution in [0, 0.1) is 0 Å². The summed E-state index contributed by atoms with van der Waals surface area (Å²) in [5.41, 5.74) is 0. The van der Waals surface area contributed by atoms with Crippen molar-refractivity contribution in [2.24, 2.45) is 0 Å². The lowest BCUT2D eigenvalue weighted by atomic mass is 10.2. The van der Waals surface area contributed by atoms with Crippen molar-refractivity contribution < 1.29 is 44.3 Å². The van der Waals surface area contributed by atoms with Gasteiger partial charge in [-0.05, 0) is 13.8 Å². The van der Waals surface area contributed by atoms with E-state index in [4.69, 9.17) is 25.2 Å². The van der Waals surface area contributed by atoms with Crippen molar-refractivity contribution in [3.63, 3.8) is 0 Å². The molecule has 0 fully saturated rings. The molecule has 0 saturated heterocycles. The van der Waals surface area contributed by atoms with Crippen LogP contribution in [-0.2, 0) is 19.1 Å². The van der Waals surface area contributed by atoms with Crippen LogP contribution in [0.1, 0.15) is 13.8 Å². The molecule has 0 amide bonds.